The minimum absolute atomic E-state index is 0.0663. The van der Waals surface area contributed by atoms with Gasteiger partial charge in [-0.05, 0) is 30.4 Å². The SMILES string of the molecule is O=C(Cn1cc(S(=O)(=O)N2CCCC2)ccc1=O)N=NC(=O)c1cccs1. The number of thiophene rings is 1. The van der Waals surface area contributed by atoms with Crippen molar-refractivity contribution in [2.75, 3.05) is 13.1 Å². The first-order valence-corrected chi connectivity index (χ1v) is 10.4. The largest absolute Gasteiger partial charge is 0.305 e. The van der Waals surface area contributed by atoms with Crippen molar-refractivity contribution in [1.29, 1.82) is 0 Å². The molecule has 142 valence electrons. The molecule has 3 rings (SSSR count). The topological polar surface area (TPSA) is 118 Å². The van der Waals surface area contributed by atoms with Crippen molar-refractivity contribution in [3.63, 3.8) is 0 Å². The van der Waals surface area contributed by atoms with Gasteiger partial charge in [-0.1, -0.05) is 6.07 Å². The Morgan fingerprint density at radius 3 is 2.52 bits per heavy atom. The highest BCUT2D eigenvalue weighted by atomic mass is 32.2. The fourth-order valence-corrected chi connectivity index (χ4v) is 4.73. The van der Waals surface area contributed by atoms with Crippen molar-refractivity contribution >= 4 is 33.2 Å². The Morgan fingerprint density at radius 1 is 1.11 bits per heavy atom. The second kappa shape index (κ2) is 8.03. The van der Waals surface area contributed by atoms with Gasteiger partial charge in [0.1, 0.15) is 6.54 Å². The minimum Gasteiger partial charge on any atom is -0.305 e. The molecule has 2 aromatic rings. The van der Waals surface area contributed by atoms with E-state index in [1.165, 1.54) is 10.4 Å². The average Bonchev–Trinajstić information content (AvgIpc) is 3.35. The summed E-state index contributed by atoms with van der Waals surface area (Å²) in [5, 5.41) is 8.33. The maximum absolute atomic E-state index is 12.6. The molecule has 1 aliphatic rings. The van der Waals surface area contributed by atoms with Gasteiger partial charge in [-0.3, -0.25) is 14.4 Å². The molecule has 11 heteroatoms. The molecule has 0 aromatic carbocycles. The number of hydrogen-bond acceptors (Lipinski definition) is 6. The lowest BCUT2D eigenvalue weighted by Crippen LogP contribution is -2.30. The monoisotopic (exact) mass is 408 g/mol. The molecule has 0 aliphatic carbocycles. The van der Waals surface area contributed by atoms with E-state index in [1.807, 2.05) is 0 Å². The predicted octanol–water partition coefficient (Wildman–Crippen LogP) is 1.51. The number of carbonyl (C=O) groups excluding carboxylic acids is 2. The Bertz CT molecular complexity index is 1040. The zero-order valence-corrected chi connectivity index (χ0v) is 15.8. The van der Waals surface area contributed by atoms with Gasteiger partial charge in [-0.25, -0.2) is 8.42 Å². The fourth-order valence-electron chi connectivity index (χ4n) is 2.59. The molecule has 2 amide bonds. The Kier molecular flexibility index (Phi) is 5.73. The summed E-state index contributed by atoms with van der Waals surface area (Å²) in [6.07, 6.45) is 2.69. The van der Waals surface area contributed by atoms with Crippen LogP contribution in [0.15, 0.2) is 55.8 Å². The first kappa shape index (κ1) is 19.3. The number of hydrogen-bond donors (Lipinski definition) is 0. The molecular weight excluding hydrogens is 392 g/mol. The van der Waals surface area contributed by atoms with Crippen LogP contribution in [0.25, 0.3) is 0 Å². The summed E-state index contributed by atoms with van der Waals surface area (Å²) in [7, 11) is -3.71. The van der Waals surface area contributed by atoms with Gasteiger partial charge in [-0.2, -0.15) is 4.31 Å². The number of sulfonamides is 1. The van der Waals surface area contributed by atoms with Crippen LogP contribution in [0.5, 0.6) is 0 Å². The highest BCUT2D eigenvalue weighted by molar-refractivity contribution is 7.89. The van der Waals surface area contributed by atoms with E-state index in [9.17, 15) is 22.8 Å². The zero-order valence-electron chi connectivity index (χ0n) is 14.1. The first-order valence-electron chi connectivity index (χ1n) is 8.11. The lowest BCUT2D eigenvalue weighted by molar-refractivity contribution is -0.118. The van der Waals surface area contributed by atoms with E-state index in [1.54, 1.807) is 17.5 Å². The van der Waals surface area contributed by atoms with E-state index in [4.69, 9.17) is 0 Å². The summed E-state index contributed by atoms with van der Waals surface area (Å²) in [6.45, 7) is 0.349. The number of pyridine rings is 1. The maximum atomic E-state index is 12.6. The van der Waals surface area contributed by atoms with Crippen molar-refractivity contribution in [3.05, 3.63) is 51.1 Å². The highest BCUT2D eigenvalue weighted by Crippen LogP contribution is 2.19. The van der Waals surface area contributed by atoms with Crippen molar-refractivity contribution in [2.45, 2.75) is 24.3 Å². The van der Waals surface area contributed by atoms with Gasteiger partial charge in [0.05, 0.1) is 9.77 Å². The quantitative estimate of drug-likeness (QED) is 0.695. The minimum atomic E-state index is -3.71. The van der Waals surface area contributed by atoms with Gasteiger partial charge in [0.15, 0.2) is 0 Å². The van der Waals surface area contributed by atoms with Crippen LogP contribution in [0.4, 0.5) is 0 Å². The molecule has 1 fully saturated rings. The van der Waals surface area contributed by atoms with Gasteiger partial charge in [0.2, 0.25) is 10.0 Å². The molecule has 1 aliphatic heterocycles. The van der Waals surface area contributed by atoms with E-state index in [0.717, 1.165) is 41.0 Å². The number of carbonyl (C=O) groups is 2. The third kappa shape index (κ3) is 4.43. The molecule has 0 radical (unpaired) electrons. The van der Waals surface area contributed by atoms with E-state index in [-0.39, 0.29) is 4.90 Å². The third-order valence-electron chi connectivity index (χ3n) is 3.95. The lowest BCUT2D eigenvalue weighted by Gasteiger charge is -2.16. The number of rotatable bonds is 5. The van der Waals surface area contributed by atoms with Crippen LogP contribution in [0.1, 0.15) is 22.5 Å². The van der Waals surface area contributed by atoms with Gasteiger partial charge in [0, 0.05) is 25.4 Å². The summed E-state index contributed by atoms with van der Waals surface area (Å²) < 4.78 is 27.4. The zero-order chi connectivity index (χ0) is 19.4. The molecule has 9 nitrogen and oxygen atoms in total. The van der Waals surface area contributed by atoms with Crippen LogP contribution in [0.2, 0.25) is 0 Å². The molecule has 1 saturated heterocycles. The van der Waals surface area contributed by atoms with Crippen LogP contribution < -0.4 is 5.56 Å². The molecule has 0 saturated carbocycles. The van der Waals surface area contributed by atoms with E-state index in [0.29, 0.717) is 18.0 Å². The van der Waals surface area contributed by atoms with Crippen molar-refractivity contribution in [3.8, 4) is 0 Å². The van der Waals surface area contributed by atoms with E-state index < -0.39 is 33.9 Å². The van der Waals surface area contributed by atoms with Gasteiger partial charge in [-0.15, -0.1) is 21.6 Å². The Morgan fingerprint density at radius 2 is 1.85 bits per heavy atom. The highest BCUT2D eigenvalue weighted by Gasteiger charge is 2.27. The molecular formula is C16H16N4O5S2. The Hall–Kier alpha value is -2.50. The lowest BCUT2D eigenvalue weighted by atomic mass is 10.4. The third-order valence-corrected chi connectivity index (χ3v) is 6.69. The summed E-state index contributed by atoms with van der Waals surface area (Å²) in [5.41, 5.74) is -0.552. The predicted molar refractivity (Wildman–Crippen MR) is 97.2 cm³/mol. The number of azo groups is 1. The van der Waals surface area contributed by atoms with Crippen LogP contribution in [0, 0.1) is 0 Å². The average molecular weight is 408 g/mol. The van der Waals surface area contributed by atoms with Crippen LogP contribution in [0.3, 0.4) is 0 Å². The number of nitrogens with zero attached hydrogens (tertiary/aromatic N) is 4. The maximum Gasteiger partial charge on any atom is 0.305 e. The van der Waals surface area contributed by atoms with Gasteiger partial charge in [0.25, 0.3) is 11.5 Å². The van der Waals surface area contributed by atoms with Crippen LogP contribution in [-0.4, -0.2) is 42.2 Å². The van der Waals surface area contributed by atoms with E-state index in [2.05, 4.69) is 10.2 Å². The van der Waals surface area contributed by atoms with Gasteiger partial charge >= 0.3 is 5.91 Å². The normalized spacial score (nSPS) is 15.4. The van der Waals surface area contributed by atoms with Crippen molar-refractivity contribution in [1.82, 2.24) is 8.87 Å². The molecule has 3 heterocycles. The van der Waals surface area contributed by atoms with Crippen LogP contribution >= 0.6 is 11.3 Å². The first-order chi connectivity index (χ1) is 12.9. The molecule has 0 bridgehead atoms. The molecule has 0 unspecified atom stereocenters. The van der Waals surface area contributed by atoms with Gasteiger partial charge < -0.3 is 4.57 Å². The summed E-state index contributed by atoms with van der Waals surface area (Å²) in [4.78, 5) is 35.8. The fraction of sp³-hybridized carbons (Fsp3) is 0.312. The standard InChI is InChI=1S/C16H16N4O5S2/c21-14(17-18-16(23)13-4-3-9-26-13)11-19-10-12(5-6-15(19)22)27(24,25)20-7-1-2-8-20/h3-6,9-10H,1-2,7-8,11H2. The Balaban J connectivity index is 1.76. The van der Waals surface area contributed by atoms with Crippen molar-refractivity contribution < 1.29 is 18.0 Å². The summed E-state index contributed by atoms with van der Waals surface area (Å²) in [5.74, 6) is -1.49. The molecule has 0 N–H and O–H groups in total. The van der Waals surface area contributed by atoms with E-state index >= 15 is 0 Å². The number of amides is 2. The second-order valence-corrected chi connectivity index (χ2v) is 8.70. The summed E-state index contributed by atoms with van der Waals surface area (Å²) >= 11 is 1.16. The number of aromatic nitrogens is 1. The smallest absolute Gasteiger partial charge is 0.305 e. The van der Waals surface area contributed by atoms with Crippen LogP contribution in [-0.2, 0) is 21.4 Å². The van der Waals surface area contributed by atoms with Crippen molar-refractivity contribution in [2.24, 2.45) is 10.2 Å². The molecule has 2 aromatic heterocycles. The molecule has 27 heavy (non-hydrogen) atoms. The molecule has 0 atom stereocenters. The Labute approximate surface area is 159 Å². The summed E-state index contributed by atoms with van der Waals surface area (Å²) in [6, 6.07) is 5.53. The molecule has 0 spiro atoms. The second-order valence-electron chi connectivity index (χ2n) is 5.82.